The summed E-state index contributed by atoms with van der Waals surface area (Å²) in [6, 6.07) is 8.46. The highest BCUT2D eigenvalue weighted by atomic mass is 19.4. The van der Waals surface area contributed by atoms with E-state index in [1.165, 1.54) is 31.1 Å². The number of rotatable bonds is 7. The molecule has 1 fully saturated rings. The van der Waals surface area contributed by atoms with E-state index in [1.54, 1.807) is 48.0 Å². The number of methoxy groups -OCH3 is 1. The van der Waals surface area contributed by atoms with E-state index in [2.05, 4.69) is 19.9 Å². The highest BCUT2D eigenvalue weighted by molar-refractivity contribution is 5.78. The van der Waals surface area contributed by atoms with E-state index in [0.29, 0.717) is 39.6 Å². The number of ether oxygens (including phenoxy) is 1. The van der Waals surface area contributed by atoms with Gasteiger partial charge in [0.2, 0.25) is 5.88 Å². The second kappa shape index (κ2) is 10.2. The van der Waals surface area contributed by atoms with E-state index in [9.17, 15) is 18.0 Å². The minimum Gasteiger partial charge on any atom is -0.480 e. The fourth-order valence-corrected chi connectivity index (χ4v) is 5.03. The van der Waals surface area contributed by atoms with Gasteiger partial charge < -0.3 is 14.2 Å². The summed E-state index contributed by atoms with van der Waals surface area (Å²) in [5.41, 5.74) is 2.56. The van der Waals surface area contributed by atoms with Crippen LogP contribution in [0.3, 0.4) is 0 Å². The third kappa shape index (κ3) is 4.95. The van der Waals surface area contributed by atoms with Gasteiger partial charge >= 0.3 is 6.18 Å². The highest BCUT2D eigenvalue weighted by Gasteiger charge is 2.35. The van der Waals surface area contributed by atoms with E-state index in [-0.39, 0.29) is 23.8 Å². The molecule has 0 bridgehead atoms. The van der Waals surface area contributed by atoms with Crippen LogP contribution in [0.4, 0.5) is 18.9 Å². The van der Waals surface area contributed by atoms with Crippen LogP contribution in [0.5, 0.6) is 5.88 Å². The molecule has 1 aliphatic carbocycles. The molecule has 216 valence electrons. The fraction of sp³-hybridized carbons (Fsp3) is 0.310. The normalized spacial score (nSPS) is 13.5. The first-order valence-corrected chi connectivity index (χ1v) is 13.2. The lowest BCUT2D eigenvalue weighted by atomic mass is 10.1. The van der Waals surface area contributed by atoms with Gasteiger partial charge in [0.15, 0.2) is 11.5 Å². The molecule has 0 atom stereocenters. The van der Waals surface area contributed by atoms with Crippen LogP contribution in [0.15, 0.2) is 53.8 Å². The molecule has 0 saturated heterocycles. The van der Waals surface area contributed by atoms with Crippen LogP contribution in [-0.2, 0) is 19.8 Å². The molecule has 4 heterocycles. The monoisotopic (exact) mass is 576 g/mol. The Morgan fingerprint density at radius 2 is 1.86 bits per heavy atom. The zero-order chi connectivity index (χ0) is 29.8. The Balaban J connectivity index is 1.44. The summed E-state index contributed by atoms with van der Waals surface area (Å²) >= 11 is 0. The topological polar surface area (TPSA) is 104 Å². The van der Waals surface area contributed by atoms with Crippen LogP contribution in [0.25, 0.3) is 33.8 Å². The molecular formula is C29H27F3N8O2. The number of halogens is 3. The average molecular weight is 577 g/mol. The number of fused-ring (bicyclic) bond motifs is 1. The second-order valence-electron chi connectivity index (χ2n) is 10.5. The summed E-state index contributed by atoms with van der Waals surface area (Å²) in [5, 5.41) is 0.666. The largest absolute Gasteiger partial charge is 0.480 e. The molecule has 4 aromatic heterocycles. The molecule has 0 aliphatic heterocycles. The Bertz CT molecular complexity index is 1880. The van der Waals surface area contributed by atoms with E-state index >= 15 is 0 Å². The Morgan fingerprint density at radius 3 is 2.52 bits per heavy atom. The Hall–Kier alpha value is -4.81. The number of pyridine rings is 1. The van der Waals surface area contributed by atoms with E-state index in [4.69, 9.17) is 9.72 Å². The third-order valence-corrected chi connectivity index (χ3v) is 7.24. The standard InChI is InChI=1S/C29H27F3N8O2/c1-38(2)20-11-16(5-9-19(20)27-36-21(14-39(27)3)29(30,31)32)13-40-22(41)10-8-18-12-33-25(37-26(18)40)23-24(17-6-7-17)34-15-35-28(23)42-4/h5,8-12,14-15,17H,6-7,13H2,1-4H3. The van der Waals surface area contributed by atoms with Gasteiger partial charge in [-0.3, -0.25) is 9.36 Å². The van der Waals surface area contributed by atoms with Crippen molar-refractivity contribution in [3.05, 3.63) is 76.4 Å². The first kappa shape index (κ1) is 27.4. The summed E-state index contributed by atoms with van der Waals surface area (Å²) in [5.74, 6) is 1.19. The number of aromatic nitrogens is 7. The molecule has 0 radical (unpaired) electrons. The smallest absolute Gasteiger partial charge is 0.434 e. The molecule has 0 unspecified atom stereocenters. The van der Waals surface area contributed by atoms with E-state index in [0.717, 1.165) is 30.3 Å². The lowest BCUT2D eigenvalue weighted by Gasteiger charge is -2.19. The molecule has 0 amide bonds. The minimum absolute atomic E-state index is 0.167. The summed E-state index contributed by atoms with van der Waals surface area (Å²) in [4.78, 5) is 36.9. The van der Waals surface area contributed by atoms with Crippen molar-refractivity contribution in [2.24, 2.45) is 7.05 Å². The average Bonchev–Trinajstić information content (AvgIpc) is 3.74. The lowest BCUT2D eigenvalue weighted by Crippen LogP contribution is -2.21. The minimum atomic E-state index is -4.56. The summed E-state index contributed by atoms with van der Waals surface area (Å²) in [7, 11) is 6.65. The molecule has 0 N–H and O–H groups in total. The molecule has 42 heavy (non-hydrogen) atoms. The molecular weight excluding hydrogens is 549 g/mol. The van der Waals surface area contributed by atoms with Crippen LogP contribution >= 0.6 is 0 Å². The first-order valence-electron chi connectivity index (χ1n) is 13.2. The van der Waals surface area contributed by atoms with Gasteiger partial charge in [0.25, 0.3) is 5.56 Å². The Labute approximate surface area is 238 Å². The maximum Gasteiger partial charge on any atom is 0.434 e. The predicted molar refractivity (Wildman–Crippen MR) is 150 cm³/mol. The van der Waals surface area contributed by atoms with Crippen molar-refractivity contribution in [3.8, 4) is 28.7 Å². The number of hydrogen-bond donors (Lipinski definition) is 0. The molecule has 1 aromatic carbocycles. The van der Waals surface area contributed by atoms with Crippen molar-refractivity contribution in [3.63, 3.8) is 0 Å². The molecule has 1 aliphatic rings. The maximum atomic E-state index is 13.3. The molecule has 5 aromatic rings. The van der Waals surface area contributed by atoms with Crippen LogP contribution in [-0.4, -0.2) is 55.3 Å². The van der Waals surface area contributed by atoms with Gasteiger partial charge in [-0.05, 0) is 36.6 Å². The molecule has 6 rings (SSSR count). The SMILES string of the molecule is COc1ncnc(C2CC2)c1-c1ncc2ccc(=O)n(Cc3ccc(-c4nc(C(F)(F)F)cn4C)c(N(C)C)c3)c2n1. The van der Waals surface area contributed by atoms with Crippen LogP contribution in [0.2, 0.25) is 0 Å². The van der Waals surface area contributed by atoms with E-state index < -0.39 is 11.9 Å². The fourth-order valence-electron chi connectivity index (χ4n) is 5.03. The summed E-state index contributed by atoms with van der Waals surface area (Å²) in [6.45, 7) is 0.167. The number of imidazole rings is 1. The number of anilines is 1. The molecule has 13 heteroatoms. The van der Waals surface area contributed by atoms with Crippen molar-refractivity contribution in [1.29, 1.82) is 0 Å². The predicted octanol–water partition coefficient (Wildman–Crippen LogP) is 4.67. The van der Waals surface area contributed by atoms with Gasteiger partial charge in [-0.1, -0.05) is 6.07 Å². The van der Waals surface area contributed by atoms with Gasteiger partial charge in [0.05, 0.1) is 19.3 Å². The summed E-state index contributed by atoms with van der Waals surface area (Å²) in [6.07, 6.45) is 1.55. The van der Waals surface area contributed by atoms with Gasteiger partial charge in [0.1, 0.15) is 23.4 Å². The molecule has 0 spiro atoms. The zero-order valence-corrected chi connectivity index (χ0v) is 23.3. The maximum absolute atomic E-state index is 13.3. The van der Waals surface area contributed by atoms with Crippen molar-refractivity contribution in [2.75, 3.05) is 26.1 Å². The molecule has 1 saturated carbocycles. The Morgan fingerprint density at radius 1 is 1.07 bits per heavy atom. The van der Waals surface area contributed by atoms with Crippen molar-refractivity contribution >= 4 is 16.7 Å². The van der Waals surface area contributed by atoms with Crippen LogP contribution in [0, 0.1) is 0 Å². The van der Waals surface area contributed by atoms with Crippen LogP contribution < -0.4 is 15.2 Å². The highest BCUT2D eigenvalue weighted by Crippen LogP contribution is 2.45. The third-order valence-electron chi connectivity index (χ3n) is 7.24. The summed E-state index contributed by atoms with van der Waals surface area (Å²) < 4.78 is 48.4. The number of alkyl halides is 3. The van der Waals surface area contributed by atoms with Gasteiger partial charge in [-0.2, -0.15) is 13.2 Å². The van der Waals surface area contributed by atoms with Crippen molar-refractivity contribution < 1.29 is 17.9 Å². The van der Waals surface area contributed by atoms with E-state index in [1.807, 2.05) is 6.07 Å². The quantitative estimate of drug-likeness (QED) is 0.276. The van der Waals surface area contributed by atoms with Crippen molar-refractivity contribution in [1.82, 2.24) is 34.1 Å². The van der Waals surface area contributed by atoms with Crippen molar-refractivity contribution in [2.45, 2.75) is 31.5 Å². The number of nitrogens with zero attached hydrogens (tertiary/aromatic N) is 8. The zero-order valence-electron chi connectivity index (χ0n) is 23.3. The van der Waals surface area contributed by atoms with Gasteiger partial charge in [-0.15, -0.1) is 0 Å². The number of hydrogen-bond acceptors (Lipinski definition) is 8. The number of aryl methyl sites for hydroxylation is 1. The second-order valence-corrected chi connectivity index (χ2v) is 10.5. The number of benzene rings is 1. The Kier molecular flexibility index (Phi) is 6.66. The molecule has 10 nitrogen and oxygen atoms in total. The van der Waals surface area contributed by atoms with Gasteiger partial charge in [0, 0.05) is 62.2 Å². The first-order chi connectivity index (χ1) is 20.0. The lowest BCUT2D eigenvalue weighted by molar-refractivity contribution is -0.140. The van der Waals surface area contributed by atoms with Crippen LogP contribution in [0.1, 0.15) is 35.7 Å². The van der Waals surface area contributed by atoms with Gasteiger partial charge in [-0.25, -0.2) is 24.9 Å².